The third-order valence-electron chi connectivity index (χ3n) is 4.07. The number of nitrogens with zero attached hydrogens (tertiary/aromatic N) is 2. The molecule has 0 aliphatic carbocycles. The van der Waals surface area contributed by atoms with Crippen LogP contribution in [0.5, 0.6) is 0 Å². The fraction of sp³-hybridized carbons (Fsp3) is 0.375. The van der Waals surface area contributed by atoms with Gasteiger partial charge in [0.05, 0.1) is 19.2 Å². The quantitative estimate of drug-likeness (QED) is 0.645. The van der Waals surface area contributed by atoms with E-state index in [0.717, 1.165) is 11.1 Å². The molecule has 1 saturated heterocycles. The molecule has 23 heavy (non-hydrogen) atoms. The number of benzene rings is 1. The number of nitrogens with one attached hydrogen (secondary N) is 1. The van der Waals surface area contributed by atoms with Crippen LogP contribution < -0.4 is 10.3 Å². The van der Waals surface area contributed by atoms with Crippen LogP contribution in [0, 0.1) is 13.8 Å². The van der Waals surface area contributed by atoms with Crippen molar-refractivity contribution in [1.82, 2.24) is 5.43 Å². The second-order valence-corrected chi connectivity index (χ2v) is 5.98. The van der Waals surface area contributed by atoms with Crippen LogP contribution in [0.1, 0.15) is 24.0 Å². The van der Waals surface area contributed by atoms with Crippen molar-refractivity contribution in [2.24, 2.45) is 5.10 Å². The van der Waals surface area contributed by atoms with Crippen molar-refractivity contribution in [2.75, 3.05) is 12.0 Å². The van der Waals surface area contributed by atoms with Crippen LogP contribution in [0.2, 0.25) is 0 Å². The molecule has 0 bridgehead atoms. The average Bonchev–Trinajstić information content (AvgIpc) is 3.00. The number of aryl methyl sites for hydroxylation is 2. The van der Waals surface area contributed by atoms with Crippen LogP contribution in [0.3, 0.4) is 0 Å². The number of rotatable bonds is 2. The highest BCUT2D eigenvalue weighted by Crippen LogP contribution is 2.35. The van der Waals surface area contributed by atoms with Gasteiger partial charge < -0.3 is 4.74 Å². The number of esters is 1. The molecule has 2 heterocycles. The van der Waals surface area contributed by atoms with Gasteiger partial charge in [-0.2, -0.15) is 5.10 Å². The van der Waals surface area contributed by atoms with Crippen molar-refractivity contribution in [3.8, 4) is 0 Å². The van der Waals surface area contributed by atoms with E-state index in [1.807, 2.05) is 19.9 Å². The molecule has 1 fully saturated rings. The van der Waals surface area contributed by atoms with Crippen molar-refractivity contribution in [1.29, 1.82) is 0 Å². The molecule has 3 rings (SSSR count). The van der Waals surface area contributed by atoms with Crippen molar-refractivity contribution in [3.63, 3.8) is 0 Å². The number of hydrogen-bond donors (Lipinski definition) is 1. The first-order valence-electron chi connectivity index (χ1n) is 7.24. The van der Waals surface area contributed by atoms with Crippen LogP contribution >= 0.6 is 0 Å². The molecule has 1 aromatic rings. The summed E-state index contributed by atoms with van der Waals surface area (Å²) in [6.07, 6.45) is 0.00830. The molecule has 0 aromatic heterocycles. The summed E-state index contributed by atoms with van der Waals surface area (Å²) in [6.45, 7) is 3.81. The minimum atomic E-state index is -1.18. The van der Waals surface area contributed by atoms with Gasteiger partial charge in [0.25, 0.3) is 5.91 Å². The highest BCUT2D eigenvalue weighted by molar-refractivity contribution is 6.39. The van der Waals surface area contributed by atoms with Gasteiger partial charge in [0.15, 0.2) is 0 Å². The van der Waals surface area contributed by atoms with Crippen LogP contribution in [0.15, 0.2) is 23.3 Å². The second kappa shape index (κ2) is 5.19. The van der Waals surface area contributed by atoms with Gasteiger partial charge in [0.2, 0.25) is 5.91 Å². The number of imide groups is 1. The van der Waals surface area contributed by atoms with Gasteiger partial charge in [0.1, 0.15) is 11.3 Å². The van der Waals surface area contributed by atoms with Gasteiger partial charge >= 0.3 is 5.97 Å². The van der Waals surface area contributed by atoms with Crippen LogP contribution in [0.25, 0.3) is 0 Å². The molecule has 120 valence electrons. The summed E-state index contributed by atoms with van der Waals surface area (Å²) in [5.41, 5.74) is 4.10. The molecule has 7 nitrogen and oxygen atoms in total. The molecular formula is C16H17N3O4. The predicted octanol–water partition coefficient (Wildman–Crippen LogP) is 0.828. The number of carbonyl (C=O) groups is 3. The van der Waals surface area contributed by atoms with E-state index < -0.39 is 17.4 Å². The number of amides is 2. The van der Waals surface area contributed by atoms with Crippen LogP contribution in [0.4, 0.5) is 5.69 Å². The summed E-state index contributed by atoms with van der Waals surface area (Å²) in [6, 6.07) is 5.55. The second-order valence-electron chi connectivity index (χ2n) is 5.98. The SMILES string of the molecule is COC(=O)C1=NN[C@@]2(CC(=O)N(c3cc(C)cc(C)c3)C2=O)C1. The summed E-state index contributed by atoms with van der Waals surface area (Å²) < 4.78 is 4.62. The lowest BCUT2D eigenvalue weighted by Gasteiger charge is -2.21. The molecule has 0 radical (unpaired) electrons. The number of hydrogen-bond acceptors (Lipinski definition) is 6. The molecule has 2 aliphatic heterocycles. The lowest BCUT2D eigenvalue weighted by Crippen LogP contribution is -2.47. The van der Waals surface area contributed by atoms with E-state index in [1.165, 1.54) is 12.0 Å². The topological polar surface area (TPSA) is 88.1 Å². The summed E-state index contributed by atoms with van der Waals surface area (Å²) in [4.78, 5) is 38.0. The van der Waals surface area contributed by atoms with Crippen molar-refractivity contribution >= 4 is 29.2 Å². The molecule has 2 amide bonds. The molecule has 1 N–H and O–H groups in total. The van der Waals surface area contributed by atoms with Gasteiger partial charge in [-0.05, 0) is 37.1 Å². The van der Waals surface area contributed by atoms with E-state index in [4.69, 9.17) is 0 Å². The highest BCUT2D eigenvalue weighted by Gasteiger charge is 2.56. The molecular weight excluding hydrogens is 298 g/mol. The average molecular weight is 315 g/mol. The smallest absolute Gasteiger partial charge is 0.354 e. The summed E-state index contributed by atoms with van der Waals surface area (Å²) >= 11 is 0. The first-order chi connectivity index (χ1) is 10.9. The fourth-order valence-electron chi connectivity index (χ4n) is 3.08. The molecule has 7 heteroatoms. The summed E-state index contributed by atoms with van der Waals surface area (Å²) in [5.74, 6) is -1.30. The first-order valence-corrected chi connectivity index (χ1v) is 7.24. The molecule has 1 aromatic carbocycles. The normalized spacial score (nSPS) is 23.3. The third-order valence-corrected chi connectivity index (χ3v) is 4.07. The van der Waals surface area contributed by atoms with Crippen LogP contribution in [-0.2, 0) is 19.1 Å². The summed E-state index contributed by atoms with van der Waals surface area (Å²) in [5, 5.41) is 3.88. The van der Waals surface area contributed by atoms with Crippen molar-refractivity contribution in [2.45, 2.75) is 32.2 Å². The monoisotopic (exact) mass is 315 g/mol. The van der Waals surface area contributed by atoms with Gasteiger partial charge in [-0.25, -0.2) is 9.69 Å². The van der Waals surface area contributed by atoms with Crippen molar-refractivity contribution < 1.29 is 19.1 Å². The Morgan fingerprint density at radius 2 is 1.87 bits per heavy atom. The number of methoxy groups -OCH3 is 1. The Labute approximate surface area is 133 Å². The largest absolute Gasteiger partial charge is 0.464 e. The molecule has 1 spiro atoms. The zero-order valence-electron chi connectivity index (χ0n) is 13.2. The van der Waals surface area contributed by atoms with Gasteiger partial charge in [0, 0.05) is 6.42 Å². The maximum Gasteiger partial charge on any atom is 0.354 e. The van der Waals surface area contributed by atoms with E-state index in [1.54, 1.807) is 12.1 Å². The van der Waals surface area contributed by atoms with Gasteiger partial charge in [-0.1, -0.05) is 6.07 Å². The molecule has 0 saturated carbocycles. The van der Waals surface area contributed by atoms with Crippen molar-refractivity contribution in [3.05, 3.63) is 29.3 Å². The Morgan fingerprint density at radius 3 is 2.48 bits per heavy atom. The third kappa shape index (κ3) is 2.38. The summed E-state index contributed by atoms with van der Waals surface area (Å²) in [7, 11) is 1.25. The van der Waals surface area contributed by atoms with E-state index in [0.29, 0.717) is 5.69 Å². The van der Waals surface area contributed by atoms with Crippen LogP contribution in [-0.4, -0.2) is 36.1 Å². The fourth-order valence-corrected chi connectivity index (χ4v) is 3.08. The lowest BCUT2D eigenvalue weighted by atomic mass is 9.93. The Kier molecular flexibility index (Phi) is 3.43. The van der Waals surface area contributed by atoms with E-state index in [9.17, 15) is 14.4 Å². The number of ether oxygens (including phenoxy) is 1. The zero-order chi connectivity index (χ0) is 16.8. The van der Waals surface area contributed by atoms with E-state index >= 15 is 0 Å². The van der Waals surface area contributed by atoms with E-state index in [-0.39, 0.29) is 24.5 Å². The first kappa shape index (κ1) is 15.2. The Bertz CT molecular complexity index is 735. The Morgan fingerprint density at radius 1 is 1.22 bits per heavy atom. The minimum absolute atomic E-state index is 0.0389. The van der Waals surface area contributed by atoms with Gasteiger partial charge in [-0.3, -0.25) is 15.0 Å². The van der Waals surface area contributed by atoms with E-state index in [2.05, 4.69) is 15.3 Å². The predicted molar refractivity (Wildman–Crippen MR) is 83.0 cm³/mol. The number of hydrazone groups is 1. The molecule has 0 unspecified atom stereocenters. The Hall–Kier alpha value is -2.70. The number of carbonyl (C=O) groups excluding carboxylic acids is 3. The lowest BCUT2D eigenvalue weighted by molar-refractivity contribution is -0.132. The maximum absolute atomic E-state index is 12.8. The number of anilines is 1. The highest BCUT2D eigenvalue weighted by atomic mass is 16.5. The Balaban J connectivity index is 1.91. The molecule has 2 aliphatic rings. The maximum atomic E-state index is 12.8. The molecule has 1 atom stereocenters. The minimum Gasteiger partial charge on any atom is -0.464 e. The zero-order valence-corrected chi connectivity index (χ0v) is 13.2. The van der Waals surface area contributed by atoms with Gasteiger partial charge in [-0.15, -0.1) is 0 Å². The standard InChI is InChI=1S/C16H17N3O4/c1-9-4-10(2)6-11(5-9)19-13(20)8-16(15(19)22)7-12(17-18-16)14(21)23-3/h4-6,18H,7-8H2,1-3H3/t16-/m1/s1.